The predicted molar refractivity (Wildman–Crippen MR) is 99.3 cm³/mol. The fourth-order valence-electron chi connectivity index (χ4n) is 4.23. The van der Waals surface area contributed by atoms with Crippen molar-refractivity contribution < 1.29 is 9.53 Å². The Balaban J connectivity index is 1.39. The summed E-state index contributed by atoms with van der Waals surface area (Å²) < 4.78 is 5.43. The Bertz CT molecular complexity index is 614. The number of hydrogen-bond donors (Lipinski definition) is 0. The molecule has 0 saturated carbocycles. The molecular formula is C19H29N5O2. The lowest BCUT2D eigenvalue weighted by atomic mass is 9.94. The first-order valence-corrected chi connectivity index (χ1v) is 9.94. The van der Waals surface area contributed by atoms with Gasteiger partial charge in [0.25, 0.3) is 0 Å². The van der Waals surface area contributed by atoms with Crippen LogP contribution in [-0.4, -0.2) is 84.7 Å². The van der Waals surface area contributed by atoms with Gasteiger partial charge in [-0.3, -0.25) is 9.69 Å². The van der Waals surface area contributed by atoms with Crippen molar-refractivity contribution >= 4 is 11.7 Å². The summed E-state index contributed by atoms with van der Waals surface area (Å²) in [5.41, 5.74) is 1.07. The molecule has 0 unspecified atom stereocenters. The summed E-state index contributed by atoms with van der Waals surface area (Å²) in [4.78, 5) is 28.3. The van der Waals surface area contributed by atoms with Crippen LogP contribution in [0, 0.1) is 0 Å². The number of aromatic nitrogens is 2. The molecule has 3 saturated heterocycles. The molecule has 1 aromatic rings. The minimum atomic E-state index is 0.277. The van der Waals surface area contributed by atoms with Gasteiger partial charge in [0.15, 0.2) is 0 Å². The van der Waals surface area contributed by atoms with E-state index in [4.69, 9.17) is 4.74 Å². The Morgan fingerprint density at radius 3 is 2.69 bits per heavy atom. The molecule has 3 fully saturated rings. The molecule has 0 bridgehead atoms. The van der Waals surface area contributed by atoms with E-state index in [9.17, 15) is 4.79 Å². The van der Waals surface area contributed by atoms with Gasteiger partial charge in [-0.15, -0.1) is 0 Å². The first kappa shape index (κ1) is 17.7. The molecular weight excluding hydrogens is 330 g/mol. The van der Waals surface area contributed by atoms with Crippen LogP contribution in [0.1, 0.15) is 37.3 Å². The molecule has 3 aliphatic heterocycles. The fourth-order valence-corrected chi connectivity index (χ4v) is 4.23. The van der Waals surface area contributed by atoms with Gasteiger partial charge in [0.1, 0.15) is 12.1 Å². The summed E-state index contributed by atoms with van der Waals surface area (Å²) in [6.07, 6.45) is 6.26. The van der Waals surface area contributed by atoms with Crippen molar-refractivity contribution in [3.05, 3.63) is 18.1 Å². The van der Waals surface area contributed by atoms with E-state index in [0.717, 1.165) is 76.8 Å². The number of morpholine rings is 1. The third-order valence-corrected chi connectivity index (χ3v) is 5.76. The molecule has 4 rings (SSSR count). The van der Waals surface area contributed by atoms with Crippen LogP contribution in [-0.2, 0) is 9.53 Å². The highest BCUT2D eigenvalue weighted by molar-refractivity contribution is 5.78. The highest BCUT2D eigenvalue weighted by Gasteiger charge is 2.27. The number of ether oxygens (including phenoxy) is 1. The average Bonchev–Trinajstić information content (AvgIpc) is 3.22. The van der Waals surface area contributed by atoms with Crippen molar-refractivity contribution in [1.82, 2.24) is 19.8 Å². The summed E-state index contributed by atoms with van der Waals surface area (Å²) in [6, 6.07) is 2.12. The van der Waals surface area contributed by atoms with Gasteiger partial charge in [-0.1, -0.05) is 0 Å². The molecule has 0 N–H and O–H groups in total. The molecule has 1 aromatic heterocycles. The Hall–Kier alpha value is -1.73. The lowest BCUT2D eigenvalue weighted by Gasteiger charge is -2.34. The molecule has 0 aromatic carbocycles. The van der Waals surface area contributed by atoms with Gasteiger partial charge >= 0.3 is 0 Å². The summed E-state index contributed by atoms with van der Waals surface area (Å²) >= 11 is 0. The molecule has 4 heterocycles. The first-order chi connectivity index (χ1) is 12.8. The molecule has 1 amide bonds. The zero-order valence-electron chi connectivity index (χ0n) is 15.5. The maximum atomic E-state index is 12.7. The normalized spacial score (nSPS) is 24.8. The van der Waals surface area contributed by atoms with Gasteiger partial charge in [-0.25, -0.2) is 9.97 Å². The van der Waals surface area contributed by atoms with Gasteiger partial charge < -0.3 is 14.5 Å². The third kappa shape index (κ3) is 4.15. The van der Waals surface area contributed by atoms with E-state index in [2.05, 4.69) is 25.8 Å². The summed E-state index contributed by atoms with van der Waals surface area (Å²) in [7, 11) is 0. The zero-order valence-corrected chi connectivity index (χ0v) is 15.5. The van der Waals surface area contributed by atoms with Crippen LogP contribution < -0.4 is 4.90 Å². The van der Waals surface area contributed by atoms with Gasteiger partial charge in [0.05, 0.1) is 25.5 Å². The molecule has 3 aliphatic rings. The van der Waals surface area contributed by atoms with E-state index in [-0.39, 0.29) is 5.91 Å². The second-order valence-electron chi connectivity index (χ2n) is 7.56. The fraction of sp³-hybridized carbons (Fsp3) is 0.737. The highest BCUT2D eigenvalue weighted by Crippen LogP contribution is 2.27. The number of hydrogen-bond acceptors (Lipinski definition) is 6. The zero-order chi connectivity index (χ0) is 17.8. The Labute approximate surface area is 155 Å². The molecule has 7 heteroatoms. The minimum absolute atomic E-state index is 0.277. The molecule has 0 spiro atoms. The summed E-state index contributed by atoms with van der Waals surface area (Å²) in [5.74, 6) is 1.58. The van der Waals surface area contributed by atoms with Crippen LogP contribution in [0.5, 0.6) is 0 Å². The number of carbonyl (C=O) groups excluding carboxylic acids is 1. The number of likely N-dealkylation sites (tertiary alicyclic amines) is 2. The van der Waals surface area contributed by atoms with Crippen LogP contribution >= 0.6 is 0 Å². The van der Waals surface area contributed by atoms with Crippen molar-refractivity contribution in [2.45, 2.75) is 31.6 Å². The largest absolute Gasteiger partial charge is 0.378 e. The molecule has 0 radical (unpaired) electrons. The number of piperidine rings is 1. The van der Waals surface area contributed by atoms with Crippen LogP contribution in [0.2, 0.25) is 0 Å². The predicted octanol–water partition coefficient (Wildman–Crippen LogP) is 1.12. The van der Waals surface area contributed by atoms with E-state index in [0.29, 0.717) is 12.5 Å². The Morgan fingerprint density at radius 2 is 1.88 bits per heavy atom. The molecule has 0 aliphatic carbocycles. The van der Waals surface area contributed by atoms with Crippen molar-refractivity contribution in [3.63, 3.8) is 0 Å². The quantitative estimate of drug-likeness (QED) is 0.803. The van der Waals surface area contributed by atoms with Crippen LogP contribution in [0.25, 0.3) is 0 Å². The lowest BCUT2D eigenvalue weighted by Crippen LogP contribution is -2.44. The number of carbonyl (C=O) groups is 1. The molecule has 1 atom stereocenters. The second kappa shape index (κ2) is 8.31. The standard InChI is InChI=1S/C19H29N5O2/c25-19(14-22-5-1-2-6-22)24-7-3-4-16(13-24)17-12-18(21-15-20-17)23-8-10-26-11-9-23/h12,15-16H,1-11,13-14H2/t16-/m1/s1. The topological polar surface area (TPSA) is 61.8 Å². The molecule has 26 heavy (non-hydrogen) atoms. The van der Waals surface area contributed by atoms with Gasteiger partial charge in [0, 0.05) is 38.2 Å². The maximum absolute atomic E-state index is 12.7. The van der Waals surface area contributed by atoms with Gasteiger partial charge in [0.2, 0.25) is 5.91 Å². The highest BCUT2D eigenvalue weighted by atomic mass is 16.5. The number of amides is 1. The first-order valence-electron chi connectivity index (χ1n) is 9.94. The maximum Gasteiger partial charge on any atom is 0.236 e. The second-order valence-corrected chi connectivity index (χ2v) is 7.56. The monoisotopic (exact) mass is 359 g/mol. The smallest absolute Gasteiger partial charge is 0.236 e. The van der Waals surface area contributed by atoms with E-state index in [1.54, 1.807) is 6.33 Å². The number of anilines is 1. The summed E-state index contributed by atoms with van der Waals surface area (Å²) in [5, 5.41) is 0. The van der Waals surface area contributed by atoms with E-state index in [1.165, 1.54) is 12.8 Å². The van der Waals surface area contributed by atoms with E-state index >= 15 is 0 Å². The molecule has 142 valence electrons. The van der Waals surface area contributed by atoms with Crippen molar-refractivity contribution in [2.24, 2.45) is 0 Å². The Kier molecular flexibility index (Phi) is 5.65. The van der Waals surface area contributed by atoms with Crippen molar-refractivity contribution in [1.29, 1.82) is 0 Å². The van der Waals surface area contributed by atoms with Crippen LogP contribution in [0.15, 0.2) is 12.4 Å². The Morgan fingerprint density at radius 1 is 1.08 bits per heavy atom. The van der Waals surface area contributed by atoms with Crippen molar-refractivity contribution in [3.8, 4) is 0 Å². The van der Waals surface area contributed by atoms with E-state index in [1.807, 2.05) is 4.90 Å². The molecule has 7 nitrogen and oxygen atoms in total. The third-order valence-electron chi connectivity index (χ3n) is 5.76. The average molecular weight is 359 g/mol. The van der Waals surface area contributed by atoms with E-state index < -0.39 is 0 Å². The van der Waals surface area contributed by atoms with Gasteiger partial charge in [-0.2, -0.15) is 0 Å². The van der Waals surface area contributed by atoms with Gasteiger partial charge in [-0.05, 0) is 38.8 Å². The van der Waals surface area contributed by atoms with Crippen LogP contribution in [0.3, 0.4) is 0 Å². The lowest BCUT2D eigenvalue weighted by molar-refractivity contribution is -0.133. The number of rotatable bonds is 4. The summed E-state index contributed by atoms with van der Waals surface area (Å²) in [6.45, 7) is 7.63. The van der Waals surface area contributed by atoms with Crippen molar-refractivity contribution in [2.75, 3.05) is 63.9 Å². The minimum Gasteiger partial charge on any atom is -0.378 e. The SMILES string of the molecule is O=C(CN1CCCC1)N1CCC[C@@H](c2cc(N3CCOCC3)ncn2)C1. The van der Waals surface area contributed by atoms with Crippen LogP contribution in [0.4, 0.5) is 5.82 Å². The number of nitrogens with zero attached hydrogens (tertiary/aromatic N) is 5.